The molecule has 0 unspecified atom stereocenters. The number of aromatic nitrogens is 1. The van der Waals surface area contributed by atoms with E-state index in [1.807, 2.05) is 0 Å². The second kappa shape index (κ2) is 13.4. The summed E-state index contributed by atoms with van der Waals surface area (Å²) < 4.78 is 9.41. The number of benzene rings is 8. The van der Waals surface area contributed by atoms with Crippen molar-refractivity contribution >= 4 is 45.2 Å². The van der Waals surface area contributed by atoms with E-state index < -0.39 is 0 Å². The van der Waals surface area contributed by atoms with Crippen molar-refractivity contribution in [3.05, 3.63) is 212 Å². The molecule has 9 aromatic rings. The van der Waals surface area contributed by atoms with Gasteiger partial charge < -0.3 is 9.64 Å². The number of rotatable bonds is 7. The van der Waals surface area contributed by atoms with Gasteiger partial charge in [0.25, 0.3) is 0 Å². The predicted molar refractivity (Wildman–Crippen MR) is 224 cm³/mol. The van der Waals surface area contributed by atoms with E-state index in [1.165, 1.54) is 11.1 Å². The van der Waals surface area contributed by atoms with E-state index in [-0.39, 0.29) is 0 Å². The number of para-hydroxylation sites is 4. The minimum atomic E-state index is 0.781. The largest absolute Gasteiger partial charge is 0.450 e. The molecule has 0 fully saturated rings. The first-order valence-electron chi connectivity index (χ1n) is 18.3. The van der Waals surface area contributed by atoms with E-state index in [4.69, 9.17) is 4.74 Å². The van der Waals surface area contributed by atoms with Gasteiger partial charge in [0.1, 0.15) is 0 Å². The molecule has 1 aliphatic heterocycles. The van der Waals surface area contributed by atoms with Crippen LogP contribution in [-0.2, 0) is 0 Å². The number of hydrogen-bond acceptors (Lipinski definition) is 3. The highest BCUT2D eigenvalue weighted by atomic mass is 16.5. The first kappa shape index (κ1) is 31.4. The second-order valence-corrected chi connectivity index (χ2v) is 13.4. The van der Waals surface area contributed by atoms with Crippen molar-refractivity contribution in [3.8, 4) is 39.4 Å². The summed E-state index contributed by atoms with van der Waals surface area (Å²) in [6, 6.07) is 74.9. The van der Waals surface area contributed by atoms with Gasteiger partial charge in [0.2, 0.25) is 0 Å². The van der Waals surface area contributed by atoms with Crippen LogP contribution in [0.2, 0.25) is 0 Å². The highest BCUT2D eigenvalue weighted by molar-refractivity contribution is 6.01. The summed E-state index contributed by atoms with van der Waals surface area (Å²) in [5, 5.41) is 1.05. The topological polar surface area (TPSA) is 20.6 Å². The second-order valence-electron chi connectivity index (χ2n) is 13.4. The van der Waals surface area contributed by atoms with Crippen LogP contribution in [0.1, 0.15) is 0 Å². The summed E-state index contributed by atoms with van der Waals surface area (Å²) in [5.41, 5.74) is 11.9. The molecule has 54 heavy (non-hydrogen) atoms. The fraction of sp³-hybridized carbons (Fsp3) is 0. The average Bonchev–Trinajstić information content (AvgIpc) is 3.58. The van der Waals surface area contributed by atoms with Crippen molar-refractivity contribution < 1.29 is 4.74 Å². The maximum absolute atomic E-state index is 7.10. The SMILES string of the molecule is c1ccc(-c2cc(-c3ccccc3)cc(N(c3ccccc3)c3ccc4c(c3)Oc3c(n(-c5ccccc5)c5ccccc35)N4c3ccccc3)c2)cc1. The van der Waals surface area contributed by atoms with Gasteiger partial charge in [-0.1, -0.05) is 127 Å². The van der Waals surface area contributed by atoms with Gasteiger partial charge in [0.05, 0.1) is 11.2 Å². The van der Waals surface area contributed by atoms with Gasteiger partial charge in [0.15, 0.2) is 17.3 Å². The van der Waals surface area contributed by atoms with Gasteiger partial charge in [-0.05, 0) is 101 Å². The number of fused-ring (bicyclic) bond motifs is 4. The summed E-state index contributed by atoms with van der Waals surface area (Å²) in [4.78, 5) is 4.67. The Morgan fingerprint density at radius 1 is 0.389 bits per heavy atom. The van der Waals surface area contributed by atoms with Crippen LogP contribution in [0.3, 0.4) is 0 Å². The third-order valence-corrected chi connectivity index (χ3v) is 10.1. The van der Waals surface area contributed by atoms with Gasteiger partial charge in [0, 0.05) is 39.9 Å². The minimum absolute atomic E-state index is 0.781. The van der Waals surface area contributed by atoms with Gasteiger partial charge in [-0.3, -0.25) is 9.47 Å². The van der Waals surface area contributed by atoms with Crippen molar-refractivity contribution in [2.45, 2.75) is 0 Å². The summed E-state index contributed by atoms with van der Waals surface area (Å²) in [6.07, 6.45) is 0. The standard InChI is InChI=1S/C50H35N3O/c1-6-18-36(19-7-1)38-32-39(37-20-8-2-9-21-37)34-44(33-38)51(40-22-10-3-11-23-40)43-30-31-47-48(35-43)54-49-45-28-16-17-29-46(45)52(41-24-12-4-13-25-41)50(49)53(47)42-26-14-5-15-27-42/h1-35H. The van der Waals surface area contributed by atoms with Crippen LogP contribution in [0.5, 0.6) is 11.5 Å². The molecule has 1 aromatic heterocycles. The first-order chi connectivity index (χ1) is 26.8. The first-order valence-corrected chi connectivity index (χ1v) is 18.3. The molecule has 0 N–H and O–H groups in total. The summed E-state index contributed by atoms with van der Waals surface area (Å²) in [6.45, 7) is 0. The van der Waals surface area contributed by atoms with Gasteiger partial charge >= 0.3 is 0 Å². The zero-order valence-corrected chi connectivity index (χ0v) is 29.5. The van der Waals surface area contributed by atoms with Crippen molar-refractivity contribution in [2.24, 2.45) is 0 Å². The van der Waals surface area contributed by atoms with Crippen LogP contribution >= 0.6 is 0 Å². The van der Waals surface area contributed by atoms with Crippen molar-refractivity contribution in [1.29, 1.82) is 0 Å². The van der Waals surface area contributed by atoms with E-state index in [9.17, 15) is 0 Å². The lowest BCUT2D eigenvalue weighted by molar-refractivity contribution is 0.481. The molecule has 0 spiro atoms. The summed E-state index contributed by atoms with van der Waals surface area (Å²) in [5.74, 6) is 2.58. The molecule has 0 radical (unpaired) electrons. The lowest BCUT2D eigenvalue weighted by Gasteiger charge is -2.34. The summed E-state index contributed by atoms with van der Waals surface area (Å²) >= 11 is 0. The Bertz CT molecular complexity index is 2670. The number of hydrogen-bond donors (Lipinski definition) is 0. The highest BCUT2D eigenvalue weighted by Crippen LogP contribution is 2.56. The Balaban J connectivity index is 1.19. The molecule has 256 valence electrons. The van der Waals surface area contributed by atoms with Gasteiger partial charge in [-0.2, -0.15) is 0 Å². The lowest BCUT2D eigenvalue weighted by Crippen LogP contribution is -2.19. The van der Waals surface area contributed by atoms with Crippen molar-refractivity contribution in [2.75, 3.05) is 9.80 Å². The smallest absolute Gasteiger partial charge is 0.178 e. The number of nitrogens with zero attached hydrogens (tertiary/aromatic N) is 3. The van der Waals surface area contributed by atoms with E-state index in [0.29, 0.717) is 0 Å². The van der Waals surface area contributed by atoms with Crippen LogP contribution in [-0.4, -0.2) is 4.57 Å². The molecule has 8 aromatic carbocycles. The lowest BCUT2D eigenvalue weighted by atomic mass is 9.97. The number of anilines is 6. The fourth-order valence-corrected chi connectivity index (χ4v) is 7.67. The van der Waals surface area contributed by atoms with Crippen LogP contribution in [0.15, 0.2) is 212 Å². The Morgan fingerprint density at radius 2 is 0.926 bits per heavy atom. The molecule has 0 aliphatic carbocycles. The number of ether oxygens (including phenoxy) is 1. The van der Waals surface area contributed by atoms with Crippen LogP contribution < -0.4 is 14.5 Å². The quantitative estimate of drug-likeness (QED) is 0.166. The molecule has 0 bridgehead atoms. The van der Waals surface area contributed by atoms with E-state index in [0.717, 1.165) is 73.5 Å². The molecular weight excluding hydrogens is 659 g/mol. The molecule has 1 aliphatic rings. The van der Waals surface area contributed by atoms with Crippen LogP contribution in [0.25, 0.3) is 38.8 Å². The summed E-state index contributed by atoms with van der Waals surface area (Å²) in [7, 11) is 0. The van der Waals surface area contributed by atoms with E-state index in [2.05, 4.69) is 227 Å². The van der Waals surface area contributed by atoms with Crippen LogP contribution in [0, 0.1) is 0 Å². The Hall–Kier alpha value is -7.30. The molecule has 4 nitrogen and oxygen atoms in total. The molecule has 0 saturated carbocycles. The van der Waals surface area contributed by atoms with E-state index >= 15 is 0 Å². The molecule has 4 heteroatoms. The molecule has 2 heterocycles. The van der Waals surface area contributed by atoms with Crippen molar-refractivity contribution in [3.63, 3.8) is 0 Å². The third-order valence-electron chi connectivity index (χ3n) is 10.1. The fourth-order valence-electron chi connectivity index (χ4n) is 7.67. The monoisotopic (exact) mass is 693 g/mol. The average molecular weight is 694 g/mol. The maximum Gasteiger partial charge on any atom is 0.178 e. The third kappa shape index (κ3) is 5.49. The van der Waals surface area contributed by atoms with Crippen molar-refractivity contribution in [1.82, 2.24) is 4.57 Å². The minimum Gasteiger partial charge on any atom is -0.450 e. The predicted octanol–water partition coefficient (Wildman–Crippen LogP) is 14.0. The highest BCUT2D eigenvalue weighted by Gasteiger charge is 2.33. The molecule has 0 atom stereocenters. The van der Waals surface area contributed by atoms with Gasteiger partial charge in [-0.25, -0.2) is 0 Å². The normalized spacial score (nSPS) is 11.8. The van der Waals surface area contributed by atoms with Gasteiger partial charge in [-0.15, -0.1) is 0 Å². The Labute approximate surface area is 315 Å². The zero-order valence-electron chi connectivity index (χ0n) is 29.5. The Kier molecular flexibility index (Phi) is 7.77. The zero-order chi connectivity index (χ0) is 35.8. The molecule has 0 saturated heterocycles. The molecule has 0 amide bonds. The molecule has 10 rings (SSSR count). The molecular formula is C50H35N3O. The van der Waals surface area contributed by atoms with E-state index in [1.54, 1.807) is 0 Å². The van der Waals surface area contributed by atoms with Crippen LogP contribution in [0.4, 0.5) is 34.3 Å². The Morgan fingerprint density at radius 3 is 1.56 bits per heavy atom. The maximum atomic E-state index is 7.10.